The molecule has 0 N–H and O–H groups in total. The van der Waals surface area contributed by atoms with E-state index in [1.165, 1.54) is 7.11 Å². The van der Waals surface area contributed by atoms with E-state index < -0.39 is 18.5 Å². The third-order valence-electron chi connectivity index (χ3n) is 1.94. The summed E-state index contributed by atoms with van der Waals surface area (Å²) in [6.45, 7) is 0. The minimum absolute atomic E-state index is 0.617. The molecule has 0 bridgehead atoms. The Morgan fingerprint density at radius 3 is 2.67 bits per heavy atom. The molecule has 1 aliphatic rings. The van der Waals surface area contributed by atoms with Gasteiger partial charge < -0.3 is 9.47 Å². The van der Waals surface area contributed by atoms with Crippen LogP contribution in [-0.4, -0.2) is 19.4 Å². The molecule has 1 heterocycles. The number of carbonyl (C=O) groups excluding carboxylic acids is 1. The van der Waals surface area contributed by atoms with Crippen molar-refractivity contribution in [3.8, 4) is 0 Å². The normalized spacial score (nSPS) is 25.1. The van der Waals surface area contributed by atoms with Crippen molar-refractivity contribution < 1.29 is 24.0 Å². The van der Waals surface area contributed by atoms with E-state index in [4.69, 9.17) is 9.62 Å². The molecule has 0 aliphatic carbocycles. The van der Waals surface area contributed by atoms with Gasteiger partial charge in [0.1, 0.15) is 0 Å². The highest BCUT2D eigenvalue weighted by atomic mass is 17.3. The topological polar surface area (TPSA) is 54.0 Å². The van der Waals surface area contributed by atoms with E-state index in [1.54, 1.807) is 0 Å². The zero-order valence-corrected chi connectivity index (χ0v) is 8.08. The number of methoxy groups -OCH3 is 1. The quantitative estimate of drug-likeness (QED) is 0.541. The summed E-state index contributed by atoms with van der Waals surface area (Å²) in [6.07, 6.45) is -1.80. The van der Waals surface area contributed by atoms with Crippen LogP contribution in [0.1, 0.15) is 11.9 Å². The molecule has 0 amide bonds. The van der Waals surface area contributed by atoms with Crippen molar-refractivity contribution in [2.24, 2.45) is 0 Å². The Morgan fingerprint density at radius 1 is 1.27 bits per heavy atom. The third-order valence-corrected chi connectivity index (χ3v) is 1.94. The fraction of sp³-hybridized carbons (Fsp3) is 0.300. The molecule has 2 atom stereocenters. The molecule has 5 nitrogen and oxygen atoms in total. The molecule has 80 valence electrons. The van der Waals surface area contributed by atoms with Crippen LogP contribution >= 0.6 is 0 Å². The number of hydrogen-bond donors (Lipinski definition) is 0. The summed E-state index contributed by atoms with van der Waals surface area (Å²) >= 11 is 0. The molecule has 2 unspecified atom stereocenters. The van der Waals surface area contributed by atoms with Gasteiger partial charge in [-0.05, 0) is 0 Å². The average Bonchev–Trinajstić information content (AvgIpc) is 2.78. The highest BCUT2D eigenvalue weighted by Crippen LogP contribution is 2.27. The minimum Gasteiger partial charge on any atom is -0.465 e. The Balaban J connectivity index is 2.02. The molecule has 0 spiro atoms. The number of carbonyl (C=O) groups is 1. The lowest BCUT2D eigenvalue weighted by molar-refractivity contribution is -0.296. The largest absolute Gasteiger partial charge is 0.465 e. The van der Waals surface area contributed by atoms with Gasteiger partial charge in [0.15, 0.2) is 0 Å². The van der Waals surface area contributed by atoms with Crippen LogP contribution in [0.2, 0.25) is 0 Å². The maximum absolute atomic E-state index is 11.0. The molecule has 0 radical (unpaired) electrons. The molecule has 1 aliphatic heterocycles. The number of ether oxygens (including phenoxy) is 2. The molecule has 0 saturated carbocycles. The zero-order chi connectivity index (χ0) is 10.7. The van der Waals surface area contributed by atoms with Gasteiger partial charge in [-0.25, -0.2) is 4.79 Å². The number of benzene rings is 1. The van der Waals surface area contributed by atoms with E-state index in [0.29, 0.717) is 0 Å². The first-order valence-corrected chi connectivity index (χ1v) is 4.41. The van der Waals surface area contributed by atoms with E-state index in [1.807, 2.05) is 30.3 Å². The second kappa shape index (κ2) is 4.39. The number of hydrogen-bond acceptors (Lipinski definition) is 5. The van der Waals surface area contributed by atoms with Gasteiger partial charge in [0.2, 0.25) is 6.29 Å². The molecular formula is C10H10O5. The van der Waals surface area contributed by atoms with E-state index in [0.717, 1.165) is 5.56 Å². The van der Waals surface area contributed by atoms with Crippen LogP contribution in [0.15, 0.2) is 30.3 Å². The summed E-state index contributed by atoms with van der Waals surface area (Å²) in [5.41, 5.74) is 0.781. The van der Waals surface area contributed by atoms with Gasteiger partial charge in [-0.1, -0.05) is 30.3 Å². The van der Waals surface area contributed by atoms with Crippen LogP contribution in [-0.2, 0) is 24.0 Å². The SMILES string of the molecule is COC(=O)C1OOC(c2ccccc2)O1. The highest BCUT2D eigenvalue weighted by Gasteiger charge is 2.35. The smallest absolute Gasteiger partial charge is 0.366 e. The molecule has 15 heavy (non-hydrogen) atoms. The lowest BCUT2D eigenvalue weighted by atomic mass is 10.2. The standard InChI is InChI=1S/C10H10O5/c1-12-8(11)10-13-9(14-15-10)7-5-3-2-4-6-7/h2-6,9-10H,1H3. The maximum Gasteiger partial charge on any atom is 0.366 e. The first kappa shape index (κ1) is 10.1. The van der Waals surface area contributed by atoms with Gasteiger partial charge in [0, 0.05) is 5.56 Å². The summed E-state index contributed by atoms with van der Waals surface area (Å²) in [4.78, 5) is 20.6. The minimum atomic E-state index is -1.11. The summed E-state index contributed by atoms with van der Waals surface area (Å²) in [5, 5.41) is 0. The van der Waals surface area contributed by atoms with Crippen molar-refractivity contribution in [2.75, 3.05) is 7.11 Å². The fourth-order valence-corrected chi connectivity index (χ4v) is 1.19. The third kappa shape index (κ3) is 2.15. The summed E-state index contributed by atoms with van der Waals surface area (Å²) in [7, 11) is 1.25. The maximum atomic E-state index is 11.0. The van der Waals surface area contributed by atoms with Gasteiger partial charge >= 0.3 is 5.97 Å². The van der Waals surface area contributed by atoms with E-state index in [-0.39, 0.29) is 0 Å². The van der Waals surface area contributed by atoms with Crippen LogP contribution in [0.5, 0.6) is 0 Å². The number of esters is 1. The van der Waals surface area contributed by atoms with Gasteiger partial charge in [-0.3, -0.25) is 0 Å². The summed E-state index contributed by atoms with van der Waals surface area (Å²) in [5.74, 6) is -0.617. The van der Waals surface area contributed by atoms with Crippen LogP contribution in [0, 0.1) is 0 Å². The van der Waals surface area contributed by atoms with Crippen LogP contribution in [0.4, 0.5) is 0 Å². The van der Waals surface area contributed by atoms with Gasteiger partial charge in [0.25, 0.3) is 6.29 Å². The van der Waals surface area contributed by atoms with Crippen molar-refractivity contribution in [2.45, 2.75) is 12.6 Å². The Kier molecular flexibility index (Phi) is 2.96. The molecule has 1 aromatic rings. The van der Waals surface area contributed by atoms with Crippen LogP contribution < -0.4 is 0 Å². The monoisotopic (exact) mass is 210 g/mol. The van der Waals surface area contributed by atoms with Gasteiger partial charge in [-0.15, -0.1) is 0 Å². The molecule has 1 fully saturated rings. The number of rotatable bonds is 2. The van der Waals surface area contributed by atoms with Crippen molar-refractivity contribution >= 4 is 5.97 Å². The first-order chi connectivity index (χ1) is 7.31. The molecular weight excluding hydrogens is 200 g/mol. The second-order valence-electron chi connectivity index (χ2n) is 2.93. The Bertz CT molecular complexity index is 337. The van der Waals surface area contributed by atoms with Crippen molar-refractivity contribution in [3.05, 3.63) is 35.9 Å². The van der Waals surface area contributed by atoms with E-state index >= 15 is 0 Å². The second-order valence-corrected chi connectivity index (χ2v) is 2.93. The Labute approximate surface area is 86.4 Å². The van der Waals surface area contributed by atoms with Gasteiger partial charge in [-0.2, -0.15) is 9.78 Å². The first-order valence-electron chi connectivity index (χ1n) is 4.41. The van der Waals surface area contributed by atoms with Gasteiger partial charge in [0.05, 0.1) is 7.11 Å². The lowest BCUT2D eigenvalue weighted by Gasteiger charge is -2.06. The van der Waals surface area contributed by atoms with Crippen LogP contribution in [0.25, 0.3) is 0 Å². The fourth-order valence-electron chi connectivity index (χ4n) is 1.19. The Hall–Kier alpha value is -1.43. The summed E-state index contributed by atoms with van der Waals surface area (Å²) < 4.78 is 9.63. The molecule has 0 aromatic heterocycles. The van der Waals surface area contributed by atoms with Crippen molar-refractivity contribution in [3.63, 3.8) is 0 Å². The molecule has 1 aromatic carbocycles. The van der Waals surface area contributed by atoms with E-state index in [2.05, 4.69) is 9.62 Å². The predicted octanol–water partition coefficient (Wildman–Crippen LogP) is 1.16. The average molecular weight is 210 g/mol. The lowest BCUT2D eigenvalue weighted by Crippen LogP contribution is -2.22. The highest BCUT2D eigenvalue weighted by molar-refractivity contribution is 5.73. The molecule has 1 saturated heterocycles. The van der Waals surface area contributed by atoms with Crippen LogP contribution in [0.3, 0.4) is 0 Å². The van der Waals surface area contributed by atoms with E-state index in [9.17, 15) is 4.79 Å². The van der Waals surface area contributed by atoms with Crippen molar-refractivity contribution in [1.82, 2.24) is 0 Å². The molecule has 2 rings (SSSR count). The Morgan fingerprint density at radius 2 is 2.00 bits per heavy atom. The molecule has 5 heteroatoms. The summed E-state index contributed by atoms with van der Waals surface area (Å²) in [6, 6.07) is 9.18. The zero-order valence-electron chi connectivity index (χ0n) is 8.08. The van der Waals surface area contributed by atoms with Crippen molar-refractivity contribution in [1.29, 1.82) is 0 Å². The predicted molar refractivity (Wildman–Crippen MR) is 48.2 cm³/mol.